The maximum atomic E-state index is 3.69. The van der Waals surface area contributed by atoms with E-state index >= 15 is 0 Å². The Morgan fingerprint density at radius 2 is 2.06 bits per heavy atom. The molecule has 0 aliphatic rings. The van der Waals surface area contributed by atoms with Crippen LogP contribution in [0.1, 0.15) is 58.4 Å². The van der Waals surface area contributed by atoms with Gasteiger partial charge in [-0.25, -0.2) is 0 Å². The van der Waals surface area contributed by atoms with E-state index < -0.39 is 0 Å². The van der Waals surface area contributed by atoms with Gasteiger partial charge in [-0.1, -0.05) is 40.7 Å². The Morgan fingerprint density at radius 3 is 2.53 bits per heavy atom. The number of hydrogen-bond donors (Lipinski definition) is 1. The summed E-state index contributed by atoms with van der Waals surface area (Å²) in [6, 6.07) is 4.94. The Balaban J connectivity index is 2.64. The average molecular weight is 253 g/mol. The van der Waals surface area contributed by atoms with Crippen LogP contribution in [0.15, 0.2) is 17.5 Å². The van der Waals surface area contributed by atoms with Gasteiger partial charge in [-0.2, -0.15) is 0 Å². The Kier molecular flexibility index (Phi) is 5.68. The first-order valence-corrected chi connectivity index (χ1v) is 7.60. The van der Waals surface area contributed by atoms with Gasteiger partial charge in [0.1, 0.15) is 0 Å². The Labute approximate surface area is 111 Å². The van der Waals surface area contributed by atoms with Crippen LogP contribution < -0.4 is 5.32 Å². The third-order valence-corrected chi connectivity index (χ3v) is 4.58. The molecule has 17 heavy (non-hydrogen) atoms. The average Bonchev–Trinajstić information content (AvgIpc) is 2.75. The quantitative estimate of drug-likeness (QED) is 0.763. The van der Waals surface area contributed by atoms with Crippen molar-refractivity contribution in [1.82, 2.24) is 5.32 Å². The minimum atomic E-state index is 0.392. The second kappa shape index (κ2) is 6.55. The normalized spacial score (nSPS) is 15.8. The number of hydrogen-bond acceptors (Lipinski definition) is 2. The van der Waals surface area contributed by atoms with Crippen molar-refractivity contribution >= 4 is 11.3 Å². The lowest BCUT2D eigenvalue weighted by molar-refractivity contribution is 0.224. The van der Waals surface area contributed by atoms with E-state index in [0.29, 0.717) is 11.5 Å². The van der Waals surface area contributed by atoms with Crippen LogP contribution in [0.3, 0.4) is 0 Å². The highest BCUT2D eigenvalue weighted by molar-refractivity contribution is 7.10. The van der Waals surface area contributed by atoms with E-state index in [9.17, 15) is 0 Å². The summed E-state index contributed by atoms with van der Waals surface area (Å²) in [5.41, 5.74) is 0.392. The molecule has 0 amide bonds. The molecule has 0 aliphatic carbocycles. The first kappa shape index (κ1) is 14.7. The second-order valence-corrected chi connectivity index (χ2v) is 7.00. The molecule has 1 aromatic rings. The van der Waals surface area contributed by atoms with Crippen molar-refractivity contribution in [1.29, 1.82) is 0 Å². The topological polar surface area (TPSA) is 12.0 Å². The molecule has 2 atom stereocenters. The van der Waals surface area contributed by atoms with E-state index in [-0.39, 0.29) is 0 Å². The van der Waals surface area contributed by atoms with Gasteiger partial charge < -0.3 is 5.32 Å². The van der Waals surface area contributed by atoms with Gasteiger partial charge in [-0.15, -0.1) is 11.3 Å². The minimum Gasteiger partial charge on any atom is -0.309 e. The zero-order valence-corrected chi connectivity index (χ0v) is 12.7. The summed E-state index contributed by atoms with van der Waals surface area (Å²) in [6.45, 7) is 12.7. The predicted molar refractivity (Wildman–Crippen MR) is 78.6 cm³/mol. The van der Waals surface area contributed by atoms with Gasteiger partial charge in [0, 0.05) is 10.9 Å². The number of rotatable bonds is 6. The van der Waals surface area contributed by atoms with Crippen molar-refractivity contribution in [3.8, 4) is 0 Å². The van der Waals surface area contributed by atoms with Crippen LogP contribution in [-0.4, -0.2) is 6.54 Å². The maximum absolute atomic E-state index is 3.69. The van der Waals surface area contributed by atoms with Crippen LogP contribution >= 0.6 is 11.3 Å². The van der Waals surface area contributed by atoms with Gasteiger partial charge in [0.15, 0.2) is 0 Å². The highest BCUT2D eigenvalue weighted by Crippen LogP contribution is 2.34. The zero-order chi connectivity index (χ0) is 12.9. The summed E-state index contributed by atoms with van der Waals surface area (Å²) in [5, 5.41) is 5.86. The van der Waals surface area contributed by atoms with Gasteiger partial charge in [-0.05, 0) is 42.2 Å². The third kappa shape index (κ3) is 4.81. The smallest absolute Gasteiger partial charge is 0.0417 e. The molecule has 2 heteroatoms. The summed E-state index contributed by atoms with van der Waals surface area (Å²) in [6.07, 6.45) is 2.43. The van der Waals surface area contributed by atoms with Crippen molar-refractivity contribution in [3.05, 3.63) is 22.4 Å². The molecule has 2 unspecified atom stereocenters. The van der Waals surface area contributed by atoms with Gasteiger partial charge >= 0.3 is 0 Å². The van der Waals surface area contributed by atoms with Crippen molar-refractivity contribution in [2.45, 2.75) is 53.5 Å². The highest BCUT2D eigenvalue weighted by atomic mass is 32.1. The SMILES string of the molecule is CCCNC(CC(C)C(C)(C)C)c1cccs1. The van der Waals surface area contributed by atoms with E-state index in [0.717, 1.165) is 12.5 Å². The molecule has 1 nitrogen and oxygen atoms in total. The zero-order valence-electron chi connectivity index (χ0n) is 11.9. The van der Waals surface area contributed by atoms with Gasteiger partial charge in [0.2, 0.25) is 0 Å². The lowest BCUT2D eigenvalue weighted by atomic mass is 9.78. The Bertz CT molecular complexity index is 297. The lowest BCUT2D eigenvalue weighted by Crippen LogP contribution is -2.27. The molecule has 1 rings (SSSR count). The molecule has 0 spiro atoms. The van der Waals surface area contributed by atoms with Crippen molar-refractivity contribution in [3.63, 3.8) is 0 Å². The first-order valence-electron chi connectivity index (χ1n) is 6.72. The fourth-order valence-corrected chi connectivity index (χ4v) is 2.63. The molecule has 0 radical (unpaired) electrons. The molecule has 1 heterocycles. The van der Waals surface area contributed by atoms with Crippen molar-refractivity contribution in [2.24, 2.45) is 11.3 Å². The molecule has 0 bridgehead atoms. The van der Waals surface area contributed by atoms with Crippen molar-refractivity contribution < 1.29 is 0 Å². The lowest BCUT2D eigenvalue weighted by Gasteiger charge is -2.31. The molecule has 0 aliphatic heterocycles. The fraction of sp³-hybridized carbons (Fsp3) is 0.733. The molecule has 0 fully saturated rings. The monoisotopic (exact) mass is 253 g/mol. The molecule has 98 valence electrons. The van der Waals surface area contributed by atoms with E-state index in [2.05, 4.69) is 57.4 Å². The van der Waals surface area contributed by atoms with Crippen LogP contribution in [0.4, 0.5) is 0 Å². The predicted octanol–water partition coefficient (Wildman–Crippen LogP) is 4.86. The Morgan fingerprint density at radius 1 is 1.35 bits per heavy atom. The second-order valence-electron chi connectivity index (χ2n) is 6.02. The van der Waals surface area contributed by atoms with Crippen molar-refractivity contribution in [2.75, 3.05) is 6.54 Å². The molecule has 0 aromatic carbocycles. The van der Waals surface area contributed by atoms with Crippen LogP contribution in [0.2, 0.25) is 0 Å². The van der Waals surface area contributed by atoms with Crippen LogP contribution in [0.5, 0.6) is 0 Å². The fourth-order valence-electron chi connectivity index (χ4n) is 1.82. The van der Waals surface area contributed by atoms with Gasteiger partial charge in [0.25, 0.3) is 0 Å². The molecule has 0 saturated carbocycles. The van der Waals surface area contributed by atoms with Crippen LogP contribution in [0, 0.1) is 11.3 Å². The third-order valence-electron chi connectivity index (χ3n) is 3.60. The summed E-state index contributed by atoms with van der Waals surface area (Å²) in [5.74, 6) is 0.721. The molecule has 0 saturated heterocycles. The van der Waals surface area contributed by atoms with E-state index in [4.69, 9.17) is 0 Å². The standard InChI is InChI=1S/C15H27NS/c1-6-9-16-13(14-8-7-10-17-14)11-12(2)15(3,4)5/h7-8,10,12-13,16H,6,9,11H2,1-5H3. The van der Waals surface area contributed by atoms with Crippen LogP contribution in [-0.2, 0) is 0 Å². The molecular weight excluding hydrogens is 226 g/mol. The summed E-state index contributed by atoms with van der Waals surface area (Å²) >= 11 is 1.87. The number of thiophene rings is 1. The Hall–Kier alpha value is -0.340. The first-order chi connectivity index (χ1) is 7.95. The molecule has 1 N–H and O–H groups in total. The molecular formula is C15H27NS. The summed E-state index contributed by atoms with van der Waals surface area (Å²) in [7, 11) is 0. The van der Waals surface area contributed by atoms with E-state index in [1.54, 1.807) is 0 Å². The largest absolute Gasteiger partial charge is 0.309 e. The van der Waals surface area contributed by atoms with Gasteiger partial charge in [-0.3, -0.25) is 0 Å². The van der Waals surface area contributed by atoms with Crippen LogP contribution in [0.25, 0.3) is 0 Å². The maximum Gasteiger partial charge on any atom is 0.0417 e. The summed E-state index contributed by atoms with van der Waals surface area (Å²) < 4.78 is 0. The minimum absolute atomic E-state index is 0.392. The van der Waals surface area contributed by atoms with Gasteiger partial charge in [0.05, 0.1) is 0 Å². The molecule has 1 aromatic heterocycles. The van der Waals surface area contributed by atoms with E-state index in [1.807, 2.05) is 11.3 Å². The highest BCUT2D eigenvalue weighted by Gasteiger charge is 2.24. The number of nitrogens with one attached hydrogen (secondary N) is 1. The summed E-state index contributed by atoms with van der Waals surface area (Å²) in [4.78, 5) is 1.48. The van der Waals surface area contributed by atoms with E-state index in [1.165, 1.54) is 17.7 Å².